The molecule has 0 radical (unpaired) electrons. The summed E-state index contributed by atoms with van der Waals surface area (Å²) in [5, 5.41) is 7.59. The van der Waals surface area contributed by atoms with Crippen LogP contribution in [0.25, 0.3) is 0 Å². The number of nitrogens with one attached hydrogen (secondary N) is 1. The number of hydrogen-bond donors (Lipinski definition) is 1. The fraction of sp³-hybridized carbons (Fsp3) is 0.579. The number of anilines is 1. The minimum absolute atomic E-state index is 0.303. The molecule has 1 aliphatic heterocycles. The highest BCUT2D eigenvalue weighted by Gasteiger charge is 2.37. The molecule has 1 fully saturated rings. The van der Waals surface area contributed by atoms with Crippen LogP contribution in [0.4, 0.5) is 6.01 Å². The van der Waals surface area contributed by atoms with E-state index in [1.54, 1.807) is 0 Å². The summed E-state index contributed by atoms with van der Waals surface area (Å²) in [5.74, 6) is 1.65. The molecule has 6 heteroatoms. The second-order valence-corrected chi connectivity index (χ2v) is 8.14. The van der Waals surface area contributed by atoms with E-state index in [-0.39, 0.29) is 5.41 Å². The molecule has 25 heavy (non-hydrogen) atoms. The van der Waals surface area contributed by atoms with E-state index < -0.39 is 0 Å². The number of rotatable bonds is 6. The van der Waals surface area contributed by atoms with Gasteiger partial charge in [0.2, 0.25) is 0 Å². The van der Waals surface area contributed by atoms with E-state index in [9.17, 15) is 0 Å². The lowest BCUT2D eigenvalue weighted by Crippen LogP contribution is -2.31. The Bertz CT molecular complexity index is 680. The third-order valence-corrected chi connectivity index (χ3v) is 5.90. The Morgan fingerprint density at radius 3 is 2.56 bits per heavy atom. The largest absolute Gasteiger partial charge is 0.381 e. The molecule has 0 spiro atoms. The highest BCUT2D eigenvalue weighted by Crippen LogP contribution is 2.38. The minimum atomic E-state index is -0.303. The molecule has 1 aliphatic rings. The number of benzene rings is 1. The van der Waals surface area contributed by atoms with Crippen LogP contribution in [0.5, 0.6) is 0 Å². The lowest BCUT2D eigenvalue weighted by atomic mass is 9.73. The summed E-state index contributed by atoms with van der Waals surface area (Å²) in [5.41, 5.74) is 0.880. The Balaban J connectivity index is 1.76. The number of ether oxygens (including phenoxy) is 1. The highest BCUT2D eigenvalue weighted by atomic mass is 79.9. The van der Waals surface area contributed by atoms with E-state index >= 15 is 0 Å². The van der Waals surface area contributed by atoms with Crippen LogP contribution < -0.4 is 5.32 Å². The maximum Gasteiger partial charge on any atom is 0.321 e. The van der Waals surface area contributed by atoms with Gasteiger partial charge in [-0.25, -0.2) is 0 Å². The van der Waals surface area contributed by atoms with Crippen LogP contribution in [0.2, 0.25) is 0 Å². The molecule has 1 aromatic heterocycles. The zero-order valence-electron chi connectivity index (χ0n) is 15.1. The van der Waals surface area contributed by atoms with Gasteiger partial charge in [0.15, 0.2) is 5.82 Å². The van der Waals surface area contributed by atoms with Crippen LogP contribution in [-0.2, 0) is 10.2 Å². The first-order valence-electron chi connectivity index (χ1n) is 8.92. The molecule has 1 N–H and O–H groups in total. The first kappa shape index (κ1) is 18.4. The van der Waals surface area contributed by atoms with E-state index in [4.69, 9.17) is 9.26 Å². The summed E-state index contributed by atoms with van der Waals surface area (Å²) in [6, 6.07) is 8.86. The van der Waals surface area contributed by atoms with Crippen LogP contribution in [0.15, 0.2) is 33.3 Å². The molecule has 0 aliphatic carbocycles. The molecule has 5 nitrogen and oxygen atoms in total. The van der Waals surface area contributed by atoms with Gasteiger partial charge in [0.1, 0.15) is 0 Å². The average molecular weight is 408 g/mol. The van der Waals surface area contributed by atoms with Gasteiger partial charge < -0.3 is 14.6 Å². The molecule has 0 bridgehead atoms. The van der Waals surface area contributed by atoms with Crippen molar-refractivity contribution in [2.75, 3.05) is 25.1 Å². The van der Waals surface area contributed by atoms with Gasteiger partial charge in [0.05, 0.1) is 5.41 Å². The number of aromatic nitrogens is 2. The van der Waals surface area contributed by atoms with E-state index in [2.05, 4.69) is 76.4 Å². The van der Waals surface area contributed by atoms with Gasteiger partial charge in [0, 0.05) is 24.2 Å². The molecule has 136 valence electrons. The topological polar surface area (TPSA) is 60.2 Å². The van der Waals surface area contributed by atoms with Gasteiger partial charge in [-0.15, -0.1) is 0 Å². The standard InChI is InChI=1S/C19H26BrN3O2/c1-13(2)19(3,15-4-6-16(20)7-5-15)17-22-18(25-23-17)21-12-14-8-10-24-11-9-14/h4-7,13-14H,8-12H2,1-3H3,(H,21,22,23). The summed E-state index contributed by atoms with van der Waals surface area (Å²) in [7, 11) is 0. The first-order valence-corrected chi connectivity index (χ1v) is 9.71. The summed E-state index contributed by atoms with van der Waals surface area (Å²) in [6.45, 7) is 9.09. The van der Waals surface area contributed by atoms with Gasteiger partial charge in [-0.3, -0.25) is 0 Å². The van der Waals surface area contributed by atoms with E-state index in [0.29, 0.717) is 17.9 Å². The monoisotopic (exact) mass is 407 g/mol. The van der Waals surface area contributed by atoms with Crippen LogP contribution in [0, 0.1) is 11.8 Å². The van der Waals surface area contributed by atoms with Crippen molar-refractivity contribution in [1.29, 1.82) is 0 Å². The third kappa shape index (κ3) is 4.06. The predicted octanol–water partition coefficient (Wildman–Crippen LogP) is 4.63. The van der Waals surface area contributed by atoms with E-state index in [1.165, 1.54) is 5.56 Å². The molecule has 2 aromatic rings. The first-order chi connectivity index (χ1) is 12.0. The Kier molecular flexibility index (Phi) is 5.79. The zero-order chi connectivity index (χ0) is 17.9. The fourth-order valence-corrected chi connectivity index (χ4v) is 3.47. The molecule has 0 saturated carbocycles. The number of nitrogens with zero attached hydrogens (tertiary/aromatic N) is 2. The molecule has 0 amide bonds. The van der Waals surface area contributed by atoms with Crippen LogP contribution in [0.3, 0.4) is 0 Å². The number of halogens is 1. The van der Waals surface area contributed by atoms with Crippen LogP contribution in [0.1, 0.15) is 45.0 Å². The van der Waals surface area contributed by atoms with Crippen LogP contribution >= 0.6 is 15.9 Å². The molecular weight excluding hydrogens is 382 g/mol. The summed E-state index contributed by atoms with van der Waals surface area (Å²) < 4.78 is 12.0. The molecule has 1 aromatic carbocycles. The maximum atomic E-state index is 5.48. The Morgan fingerprint density at radius 2 is 1.92 bits per heavy atom. The van der Waals surface area contributed by atoms with Gasteiger partial charge >= 0.3 is 6.01 Å². The highest BCUT2D eigenvalue weighted by molar-refractivity contribution is 9.10. The van der Waals surface area contributed by atoms with Gasteiger partial charge in [-0.05, 0) is 49.3 Å². The smallest absolute Gasteiger partial charge is 0.321 e. The molecule has 1 saturated heterocycles. The lowest BCUT2D eigenvalue weighted by Gasteiger charge is -2.31. The predicted molar refractivity (Wildman–Crippen MR) is 102 cm³/mol. The molecule has 2 heterocycles. The Hall–Kier alpha value is -1.40. The summed E-state index contributed by atoms with van der Waals surface area (Å²) >= 11 is 3.50. The van der Waals surface area contributed by atoms with Crippen molar-refractivity contribution in [3.63, 3.8) is 0 Å². The van der Waals surface area contributed by atoms with Crippen molar-refractivity contribution in [2.24, 2.45) is 11.8 Å². The van der Waals surface area contributed by atoms with Crippen molar-refractivity contribution in [2.45, 2.75) is 39.0 Å². The van der Waals surface area contributed by atoms with Crippen molar-refractivity contribution >= 4 is 21.9 Å². The molecule has 1 atom stereocenters. The summed E-state index contributed by atoms with van der Waals surface area (Å²) in [4.78, 5) is 4.65. The van der Waals surface area contributed by atoms with Crippen LogP contribution in [-0.4, -0.2) is 29.9 Å². The molecule has 3 rings (SSSR count). The summed E-state index contributed by atoms with van der Waals surface area (Å²) in [6.07, 6.45) is 2.16. The maximum absolute atomic E-state index is 5.48. The second-order valence-electron chi connectivity index (χ2n) is 7.22. The van der Waals surface area contributed by atoms with Gasteiger partial charge in [-0.2, -0.15) is 4.98 Å². The molecular formula is C19H26BrN3O2. The number of hydrogen-bond acceptors (Lipinski definition) is 5. The molecule has 1 unspecified atom stereocenters. The average Bonchev–Trinajstić information content (AvgIpc) is 3.10. The van der Waals surface area contributed by atoms with E-state index in [0.717, 1.165) is 42.9 Å². The van der Waals surface area contributed by atoms with Crippen molar-refractivity contribution in [3.05, 3.63) is 40.1 Å². The second kappa shape index (κ2) is 7.87. The minimum Gasteiger partial charge on any atom is -0.381 e. The SMILES string of the molecule is CC(C)C(C)(c1ccc(Br)cc1)c1noc(NCC2CCOCC2)n1. The normalized spacial score (nSPS) is 18.3. The van der Waals surface area contributed by atoms with E-state index in [1.807, 2.05) is 0 Å². The van der Waals surface area contributed by atoms with Gasteiger partial charge in [-0.1, -0.05) is 47.1 Å². The van der Waals surface area contributed by atoms with Crippen molar-refractivity contribution in [3.8, 4) is 0 Å². The Labute approximate surface area is 157 Å². The van der Waals surface area contributed by atoms with Gasteiger partial charge in [0.25, 0.3) is 0 Å². The van der Waals surface area contributed by atoms with Crippen molar-refractivity contribution < 1.29 is 9.26 Å². The zero-order valence-corrected chi connectivity index (χ0v) is 16.7. The third-order valence-electron chi connectivity index (χ3n) is 5.37. The fourth-order valence-electron chi connectivity index (χ4n) is 3.21. The van der Waals surface area contributed by atoms with Crippen molar-refractivity contribution in [1.82, 2.24) is 10.1 Å². The Morgan fingerprint density at radius 1 is 1.24 bits per heavy atom. The lowest BCUT2D eigenvalue weighted by molar-refractivity contribution is 0.0697. The quantitative estimate of drug-likeness (QED) is 0.755.